The second-order valence-electron chi connectivity index (χ2n) is 3.92. The Labute approximate surface area is 117 Å². The summed E-state index contributed by atoms with van der Waals surface area (Å²) in [5.41, 5.74) is 0.665. The van der Waals surface area contributed by atoms with Gasteiger partial charge < -0.3 is 9.47 Å². The highest BCUT2D eigenvalue weighted by molar-refractivity contribution is 6.24. The predicted molar refractivity (Wildman–Crippen MR) is 77.8 cm³/mol. The molecule has 4 heteroatoms. The number of hydrogen-bond acceptors (Lipinski definition) is 4. The Morgan fingerprint density at radius 2 is 1.75 bits per heavy atom. The summed E-state index contributed by atoms with van der Waals surface area (Å²) < 4.78 is 10.4. The van der Waals surface area contributed by atoms with Gasteiger partial charge in [-0.1, -0.05) is 18.2 Å². The molecule has 0 radical (unpaired) electrons. The topological polar surface area (TPSA) is 47.9 Å². The number of rotatable bonds is 5. The number of nitrogens with zero attached hydrogens (tertiary/aromatic N) is 1. The molecule has 0 aromatic heterocycles. The molecule has 0 spiro atoms. The number of carbonyl (C=O) groups is 1. The Kier molecular flexibility index (Phi) is 4.89. The Bertz CT molecular complexity index is 576. The Morgan fingerprint density at radius 3 is 2.40 bits per heavy atom. The summed E-state index contributed by atoms with van der Waals surface area (Å²) >= 11 is 0. The molecular weight excluding hydrogens is 254 g/mol. The van der Waals surface area contributed by atoms with E-state index in [-0.39, 0.29) is 0 Å². The highest BCUT2D eigenvalue weighted by atomic mass is 16.5. The van der Waals surface area contributed by atoms with Gasteiger partial charge in [0.2, 0.25) is 0 Å². The molecule has 0 aliphatic heterocycles. The van der Waals surface area contributed by atoms with E-state index < -0.39 is 5.97 Å². The molecule has 0 N–H and O–H groups in total. The van der Waals surface area contributed by atoms with Crippen LogP contribution in [-0.2, 0) is 4.79 Å². The van der Waals surface area contributed by atoms with Gasteiger partial charge in [-0.05, 0) is 43.3 Å². The van der Waals surface area contributed by atoms with E-state index in [0.717, 1.165) is 12.0 Å². The smallest absolute Gasteiger partial charge is 0.354 e. The quantitative estimate of drug-likeness (QED) is 0.475. The SMILES string of the molecule is CCOc1ccc(N=CC(=O)Oc2ccccc2)cc1. The van der Waals surface area contributed by atoms with Gasteiger partial charge in [0.15, 0.2) is 0 Å². The molecule has 0 atom stereocenters. The van der Waals surface area contributed by atoms with Crippen LogP contribution in [0.5, 0.6) is 11.5 Å². The van der Waals surface area contributed by atoms with E-state index in [0.29, 0.717) is 18.0 Å². The van der Waals surface area contributed by atoms with Crippen LogP contribution in [0.4, 0.5) is 5.69 Å². The first kappa shape index (κ1) is 13.8. The van der Waals surface area contributed by atoms with Crippen LogP contribution < -0.4 is 9.47 Å². The van der Waals surface area contributed by atoms with Crippen molar-refractivity contribution >= 4 is 17.9 Å². The maximum absolute atomic E-state index is 11.6. The molecule has 4 nitrogen and oxygen atoms in total. The molecule has 2 rings (SSSR count). The standard InChI is InChI=1S/C16H15NO3/c1-2-19-14-10-8-13(9-11-14)17-12-16(18)20-15-6-4-3-5-7-15/h3-12H,2H2,1H3. The molecule has 2 aromatic carbocycles. The van der Waals surface area contributed by atoms with Gasteiger partial charge in [-0.3, -0.25) is 0 Å². The molecule has 0 amide bonds. The van der Waals surface area contributed by atoms with E-state index in [1.54, 1.807) is 48.5 Å². The molecule has 0 unspecified atom stereocenters. The molecule has 0 saturated heterocycles. The summed E-state index contributed by atoms with van der Waals surface area (Å²) in [7, 11) is 0. The van der Waals surface area contributed by atoms with Crippen molar-refractivity contribution in [2.45, 2.75) is 6.92 Å². The van der Waals surface area contributed by atoms with E-state index in [2.05, 4.69) is 4.99 Å². The van der Waals surface area contributed by atoms with Crippen LogP contribution in [0.3, 0.4) is 0 Å². The fourth-order valence-electron chi connectivity index (χ4n) is 1.55. The molecule has 20 heavy (non-hydrogen) atoms. The van der Waals surface area contributed by atoms with Crippen LogP contribution in [-0.4, -0.2) is 18.8 Å². The second kappa shape index (κ2) is 7.09. The van der Waals surface area contributed by atoms with E-state index in [1.165, 1.54) is 0 Å². The highest BCUT2D eigenvalue weighted by Crippen LogP contribution is 2.17. The number of para-hydroxylation sites is 1. The van der Waals surface area contributed by atoms with Gasteiger partial charge >= 0.3 is 5.97 Å². The molecule has 0 saturated carbocycles. The monoisotopic (exact) mass is 269 g/mol. The second-order valence-corrected chi connectivity index (χ2v) is 3.92. The first-order chi connectivity index (χ1) is 9.78. The predicted octanol–water partition coefficient (Wildman–Crippen LogP) is 3.39. The molecular formula is C16H15NO3. The number of carbonyl (C=O) groups excluding carboxylic acids is 1. The fourth-order valence-corrected chi connectivity index (χ4v) is 1.55. The third kappa shape index (κ3) is 4.24. The van der Waals surface area contributed by atoms with Crippen molar-refractivity contribution in [2.75, 3.05) is 6.61 Å². The van der Waals surface area contributed by atoms with Crippen LogP contribution in [0.25, 0.3) is 0 Å². The minimum absolute atomic E-state index is 0.496. The van der Waals surface area contributed by atoms with Crippen molar-refractivity contribution in [3.63, 3.8) is 0 Å². The van der Waals surface area contributed by atoms with E-state index in [9.17, 15) is 4.79 Å². The molecule has 102 valence electrons. The number of aliphatic imine (C=N–C) groups is 1. The summed E-state index contributed by atoms with van der Waals surface area (Å²) in [5, 5.41) is 0. The summed E-state index contributed by atoms with van der Waals surface area (Å²) in [6.07, 6.45) is 1.16. The summed E-state index contributed by atoms with van der Waals surface area (Å²) in [6, 6.07) is 16.0. The minimum atomic E-state index is -0.509. The van der Waals surface area contributed by atoms with Gasteiger partial charge in [0.1, 0.15) is 17.7 Å². The van der Waals surface area contributed by atoms with Gasteiger partial charge in [-0.15, -0.1) is 0 Å². The maximum atomic E-state index is 11.6. The van der Waals surface area contributed by atoms with Crippen molar-refractivity contribution in [3.8, 4) is 11.5 Å². The Morgan fingerprint density at radius 1 is 1.05 bits per heavy atom. The van der Waals surface area contributed by atoms with Crippen molar-refractivity contribution < 1.29 is 14.3 Å². The zero-order valence-corrected chi connectivity index (χ0v) is 11.2. The van der Waals surface area contributed by atoms with Crippen LogP contribution in [0.15, 0.2) is 59.6 Å². The van der Waals surface area contributed by atoms with Gasteiger partial charge in [0.05, 0.1) is 12.3 Å². The lowest BCUT2D eigenvalue weighted by atomic mass is 10.3. The molecule has 0 bridgehead atoms. The summed E-state index contributed by atoms with van der Waals surface area (Å²) in [5.74, 6) is 0.763. The molecule has 2 aromatic rings. The van der Waals surface area contributed by atoms with Gasteiger partial charge in [-0.2, -0.15) is 0 Å². The van der Waals surface area contributed by atoms with Crippen molar-refractivity contribution in [1.29, 1.82) is 0 Å². The number of esters is 1. The summed E-state index contributed by atoms with van der Waals surface area (Å²) in [6.45, 7) is 2.54. The number of hydrogen-bond donors (Lipinski definition) is 0. The lowest BCUT2D eigenvalue weighted by Crippen LogP contribution is -2.08. The Balaban J connectivity index is 1.93. The van der Waals surface area contributed by atoms with E-state index in [1.807, 2.05) is 13.0 Å². The Hall–Kier alpha value is -2.62. The lowest BCUT2D eigenvalue weighted by molar-refractivity contribution is -0.126. The number of benzene rings is 2. The zero-order valence-electron chi connectivity index (χ0n) is 11.2. The van der Waals surface area contributed by atoms with E-state index in [4.69, 9.17) is 9.47 Å². The first-order valence-corrected chi connectivity index (χ1v) is 6.31. The van der Waals surface area contributed by atoms with Crippen molar-refractivity contribution in [3.05, 3.63) is 54.6 Å². The molecule has 0 aliphatic rings. The van der Waals surface area contributed by atoms with Crippen LogP contribution in [0, 0.1) is 0 Å². The maximum Gasteiger partial charge on any atom is 0.354 e. The minimum Gasteiger partial charge on any atom is -0.494 e. The van der Waals surface area contributed by atoms with Gasteiger partial charge in [0, 0.05) is 0 Å². The van der Waals surface area contributed by atoms with Crippen LogP contribution in [0.2, 0.25) is 0 Å². The third-order valence-electron chi connectivity index (χ3n) is 2.43. The van der Waals surface area contributed by atoms with Crippen molar-refractivity contribution in [2.24, 2.45) is 4.99 Å². The largest absolute Gasteiger partial charge is 0.494 e. The first-order valence-electron chi connectivity index (χ1n) is 6.31. The average Bonchev–Trinajstić information content (AvgIpc) is 2.48. The third-order valence-corrected chi connectivity index (χ3v) is 2.43. The molecule has 0 heterocycles. The van der Waals surface area contributed by atoms with E-state index >= 15 is 0 Å². The zero-order chi connectivity index (χ0) is 14.2. The van der Waals surface area contributed by atoms with Gasteiger partial charge in [-0.25, -0.2) is 9.79 Å². The fraction of sp³-hybridized carbons (Fsp3) is 0.125. The summed E-state index contributed by atoms with van der Waals surface area (Å²) in [4.78, 5) is 15.6. The number of ether oxygens (including phenoxy) is 2. The highest BCUT2D eigenvalue weighted by Gasteiger charge is 2.00. The normalized spacial score (nSPS) is 10.4. The van der Waals surface area contributed by atoms with Gasteiger partial charge in [0.25, 0.3) is 0 Å². The van der Waals surface area contributed by atoms with Crippen molar-refractivity contribution in [1.82, 2.24) is 0 Å². The lowest BCUT2D eigenvalue weighted by Gasteiger charge is -2.02. The molecule has 0 fully saturated rings. The molecule has 0 aliphatic carbocycles. The van der Waals surface area contributed by atoms with Crippen LogP contribution in [0.1, 0.15) is 6.92 Å². The average molecular weight is 269 g/mol. The van der Waals surface area contributed by atoms with Crippen LogP contribution >= 0.6 is 0 Å².